The molecule has 32 heavy (non-hydrogen) atoms. The van der Waals surface area contributed by atoms with Crippen LogP contribution in [0, 0.1) is 6.92 Å². The summed E-state index contributed by atoms with van der Waals surface area (Å²) in [4.78, 5) is 43.0. The molecule has 7 heteroatoms. The van der Waals surface area contributed by atoms with E-state index >= 15 is 0 Å². The molecular formula is C25H28N4O3. The summed E-state index contributed by atoms with van der Waals surface area (Å²) in [5.41, 5.74) is 5.45. The fourth-order valence-electron chi connectivity index (χ4n) is 5.05. The van der Waals surface area contributed by atoms with E-state index in [-0.39, 0.29) is 24.1 Å². The Morgan fingerprint density at radius 3 is 2.53 bits per heavy atom. The molecule has 7 nitrogen and oxygen atoms in total. The maximum Gasteiger partial charge on any atom is 0.255 e. The normalized spacial score (nSPS) is 21.7. The van der Waals surface area contributed by atoms with Gasteiger partial charge in [0.1, 0.15) is 6.04 Å². The summed E-state index contributed by atoms with van der Waals surface area (Å²) in [5, 5.41) is 2.36. The topological polar surface area (TPSA) is 73.0 Å². The van der Waals surface area contributed by atoms with Gasteiger partial charge in [0.25, 0.3) is 5.91 Å². The zero-order valence-corrected chi connectivity index (χ0v) is 18.3. The van der Waals surface area contributed by atoms with Crippen LogP contribution in [0.25, 0.3) is 0 Å². The zero-order chi connectivity index (χ0) is 22.2. The van der Waals surface area contributed by atoms with Gasteiger partial charge in [-0.05, 0) is 42.2 Å². The van der Waals surface area contributed by atoms with Crippen LogP contribution in [0.4, 0.5) is 5.69 Å². The number of hydrogen-bond acceptors (Lipinski definition) is 5. The molecule has 2 fully saturated rings. The van der Waals surface area contributed by atoms with E-state index in [0.29, 0.717) is 18.5 Å². The summed E-state index contributed by atoms with van der Waals surface area (Å²) in [5.74, 6) is -0.748. The van der Waals surface area contributed by atoms with E-state index in [4.69, 9.17) is 0 Å². The predicted octanol–water partition coefficient (Wildman–Crippen LogP) is 2.08. The highest BCUT2D eigenvalue weighted by Crippen LogP contribution is 2.29. The third-order valence-electron chi connectivity index (χ3n) is 6.82. The minimum Gasteiger partial charge on any atom is -0.369 e. The maximum atomic E-state index is 12.9. The molecule has 3 aliphatic heterocycles. The Kier molecular flexibility index (Phi) is 5.43. The van der Waals surface area contributed by atoms with Crippen molar-refractivity contribution in [1.82, 2.24) is 15.1 Å². The van der Waals surface area contributed by atoms with Crippen molar-refractivity contribution in [3.8, 4) is 0 Å². The van der Waals surface area contributed by atoms with Crippen LogP contribution < -0.4 is 10.2 Å². The number of fused-ring (bicyclic) bond motifs is 1. The third-order valence-corrected chi connectivity index (χ3v) is 6.82. The molecule has 1 atom stereocenters. The van der Waals surface area contributed by atoms with Gasteiger partial charge in [0.2, 0.25) is 11.8 Å². The number of amides is 3. The number of carbonyl (C=O) groups excluding carboxylic acids is 3. The fraction of sp³-hybridized carbons (Fsp3) is 0.400. The molecule has 3 aliphatic rings. The van der Waals surface area contributed by atoms with Gasteiger partial charge >= 0.3 is 0 Å². The highest BCUT2D eigenvalue weighted by molar-refractivity contribution is 6.05. The number of rotatable bonds is 4. The van der Waals surface area contributed by atoms with Crippen LogP contribution in [0.2, 0.25) is 0 Å². The zero-order valence-electron chi connectivity index (χ0n) is 18.3. The van der Waals surface area contributed by atoms with Crippen LogP contribution in [-0.4, -0.2) is 59.7 Å². The number of anilines is 1. The van der Waals surface area contributed by atoms with Gasteiger partial charge in [0, 0.05) is 56.9 Å². The van der Waals surface area contributed by atoms with E-state index in [1.165, 1.54) is 16.8 Å². The van der Waals surface area contributed by atoms with E-state index < -0.39 is 6.04 Å². The van der Waals surface area contributed by atoms with Crippen molar-refractivity contribution in [2.75, 3.05) is 31.1 Å². The molecule has 1 unspecified atom stereocenters. The Balaban J connectivity index is 1.22. The summed E-state index contributed by atoms with van der Waals surface area (Å²) < 4.78 is 0. The summed E-state index contributed by atoms with van der Waals surface area (Å²) >= 11 is 0. The van der Waals surface area contributed by atoms with Crippen molar-refractivity contribution < 1.29 is 14.4 Å². The lowest BCUT2D eigenvalue weighted by Gasteiger charge is -2.36. The molecule has 2 aromatic rings. The molecule has 3 heterocycles. The summed E-state index contributed by atoms with van der Waals surface area (Å²) in [6, 6.07) is 14.0. The van der Waals surface area contributed by atoms with Gasteiger partial charge in [0.15, 0.2) is 0 Å². The number of piperazine rings is 1. The lowest BCUT2D eigenvalue weighted by molar-refractivity contribution is -0.136. The van der Waals surface area contributed by atoms with Gasteiger partial charge in [-0.1, -0.05) is 30.3 Å². The molecule has 0 bridgehead atoms. The van der Waals surface area contributed by atoms with Crippen molar-refractivity contribution in [1.29, 1.82) is 0 Å². The van der Waals surface area contributed by atoms with Gasteiger partial charge in [-0.15, -0.1) is 0 Å². The Morgan fingerprint density at radius 1 is 1.00 bits per heavy atom. The lowest BCUT2D eigenvalue weighted by atomic mass is 10.0. The molecule has 166 valence electrons. The van der Waals surface area contributed by atoms with Gasteiger partial charge < -0.3 is 9.80 Å². The molecule has 2 saturated heterocycles. The van der Waals surface area contributed by atoms with Gasteiger partial charge in [-0.3, -0.25) is 24.6 Å². The van der Waals surface area contributed by atoms with E-state index in [9.17, 15) is 14.4 Å². The average molecular weight is 433 g/mol. The monoisotopic (exact) mass is 432 g/mol. The lowest BCUT2D eigenvalue weighted by Crippen LogP contribution is -2.52. The van der Waals surface area contributed by atoms with Gasteiger partial charge in [0.05, 0.1) is 0 Å². The number of piperidine rings is 1. The molecule has 2 aromatic carbocycles. The van der Waals surface area contributed by atoms with E-state index in [1.54, 1.807) is 4.90 Å². The molecule has 0 radical (unpaired) electrons. The molecule has 3 amide bonds. The quantitative estimate of drug-likeness (QED) is 0.749. The maximum absolute atomic E-state index is 12.9. The van der Waals surface area contributed by atoms with E-state index in [2.05, 4.69) is 52.4 Å². The smallest absolute Gasteiger partial charge is 0.255 e. The van der Waals surface area contributed by atoms with Crippen molar-refractivity contribution >= 4 is 23.4 Å². The second kappa shape index (κ2) is 8.39. The minimum atomic E-state index is -0.564. The van der Waals surface area contributed by atoms with Crippen LogP contribution >= 0.6 is 0 Å². The predicted molar refractivity (Wildman–Crippen MR) is 121 cm³/mol. The second-order valence-electron chi connectivity index (χ2n) is 8.94. The largest absolute Gasteiger partial charge is 0.369 e. The summed E-state index contributed by atoms with van der Waals surface area (Å²) in [7, 11) is 0. The first-order valence-corrected chi connectivity index (χ1v) is 11.3. The summed E-state index contributed by atoms with van der Waals surface area (Å²) in [6.07, 6.45) is 0.665. The Morgan fingerprint density at radius 2 is 1.78 bits per heavy atom. The number of hydrogen-bond donors (Lipinski definition) is 1. The van der Waals surface area contributed by atoms with Crippen LogP contribution in [0.1, 0.15) is 39.9 Å². The average Bonchev–Trinajstić information content (AvgIpc) is 3.10. The number of benzene rings is 2. The standard InChI is InChI=1S/C25H28N4O3/c1-17-4-2-3-5-21(17)28-12-10-27(11-13-28)15-18-6-7-20-19(14-18)16-29(25(20)32)22-8-9-23(30)26-24(22)31/h2-7,14,22H,8-13,15-16H2,1H3,(H,26,30,31). The van der Waals surface area contributed by atoms with Crippen molar-refractivity contribution in [3.63, 3.8) is 0 Å². The molecule has 0 aliphatic carbocycles. The van der Waals surface area contributed by atoms with Gasteiger partial charge in [-0.2, -0.15) is 0 Å². The number of nitrogens with zero attached hydrogens (tertiary/aromatic N) is 3. The van der Waals surface area contributed by atoms with Crippen LogP contribution in [0.3, 0.4) is 0 Å². The van der Waals surface area contributed by atoms with Crippen molar-refractivity contribution in [2.45, 2.75) is 38.9 Å². The third kappa shape index (κ3) is 3.88. The summed E-state index contributed by atoms with van der Waals surface area (Å²) in [6.45, 7) is 7.41. The number of para-hydroxylation sites is 1. The Labute approximate surface area is 188 Å². The molecule has 0 spiro atoms. The Bertz CT molecular complexity index is 1070. The fourth-order valence-corrected chi connectivity index (χ4v) is 5.05. The molecule has 0 saturated carbocycles. The SMILES string of the molecule is Cc1ccccc1N1CCN(Cc2ccc3c(c2)CN(C2CCC(=O)NC2=O)C3=O)CC1. The Hall–Kier alpha value is -3.19. The first-order chi connectivity index (χ1) is 15.5. The molecule has 5 rings (SSSR count). The minimum absolute atomic E-state index is 0.118. The van der Waals surface area contributed by atoms with Crippen LogP contribution in [0.5, 0.6) is 0 Å². The molecule has 0 aromatic heterocycles. The number of carbonyl (C=O) groups is 3. The first-order valence-electron chi connectivity index (χ1n) is 11.3. The number of aryl methyl sites for hydroxylation is 1. The molecular weight excluding hydrogens is 404 g/mol. The van der Waals surface area contributed by atoms with Crippen LogP contribution in [0.15, 0.2) is 42.5 Å². The first kappa shape index (κ1) is 20.7. The number of nitrogens with one attached hydrogen (secondary N) is 1. The van der Waals surface area contributed by atoms with E-state index in [1.807, 2.05) is 12.1 Å². The van der Waals surface area contributed by atoms with Crippen molar-refractivity contribution in [2.24, 2.45) is 0 Å². The van der Waals surface area contributed by atoms with Gasteiger partial charge in [-0.25, -0.2) is 0 Å². The van der Waals surface area contributed by atoms with Crippen molar-refractivity contribution in [3.05, 3.63) is 64.7 Å². The highest BCUT2D eigenvalue weighted by atomic mass is 16.2. The number of imide groups is 1. The molecule has 1 N–H and O–H groups in total. The van der Waals surface area contributed by atoms with Crippen LogP contribution in [-0.2, 0) is 22.7 Å². The van der Waals surface area contributed by atoms with E-state index in [0.717, 1.165) is 38.3 Å². The second-order valence-corrected chi connectivity index (χ2v) is 8.94. The highest BCUT2D eigenvalue weighted by Gasteiger charge is 2.39.